The fourth-order valence-corrected chi connectivity index (χ4v) is 4.22. The lowest BCUT2D eigenvalue weighted by Crippen LogP contribution is -2.46. The van der Waals surface area contributed by atoms with Gasteiger partial charge in [0.25, 0.3) is 0 Å². The van der Waals surface area contributed by atoms with Crippen LogP contribution in [0.25, 0.3) is 0 Å². The molecule has 0 aliphatic rings. The summed E-state index contributed by atoms with van der Waals surface area (Å²) in [6.45, 7) is 2.04. The third-order valence-electron chi connectivity index (χ3n) is 3.25. The number of nitrogens with one attached hydrogen (secondary N) is 2. The first-order valence-corrected chi connectivity index (χ1v) is 11.7. The molecule has 3 unspecified atom stereocenters. The number of hydrogen-bond donors (Lipinski definition) is 2. The molecule has 0 heterocycles. The number of amides is 1. The Bertz CT molecular complexity index is 272. The van der Waals surface area contributed by atoms with Crippen LogP contribution in [0, 0.1) is 0 Å². The van der Waals surface area contributed by atoms with Crippen molar-refractivity contribution in [2.24, 2.45) is 0 Å². The number of ether oxygens (including phenoxy) is 2. The van der Waals surface area contributed by atoms with Crippen LogP contribution in [0.3, 0.4) is 0 Å². The van der Waals surface area contributed by atoms with Gasteiger partial charge < -0.3 is 20.1 Å². The van der Waals surface area contributed by atoms with E-state index >= 15 is 0 Å². The van der Waals surface area contributed by atoms with Crippen LogP contribution in [-0.2, 0) is 14.3 Å². The minimum Gasteiger partial charge on any atom is -0.356 e. The molecule has 0 spiro atoms. The smallest absolute Gasteiger partial charge is 0.237 e. The highest BCUT2D eigenvalue weighted by molar-refractivity contribution is 8.64. The molecular weight excluding hydrogens is 326 g/mol. The molecule has 0 aromatic carbocycles. The first-order valence-electron chi connectivity index (χ1n) is 7.19. The minimum atomic E-state index is -0.150. The molecule has 4 atom stereocenters. The number of carbonyl (C=O) groups is 1. The first-order chi connectivity index (χ1) is 10.1. The SMILES string of the molecule is CNC(CCSPP)C(=O)N[C@H](C)CCCC(OC)OC. The van der Waals surface area contributed by atoms with E-state index in [4.69, 9.17) is 9.47 Å². The van der Waals surface area contributed by atoms with Gasteiger partial charge in [-0.25, -0.2) is 0 Å². The number of carbonyl (C=O) groups excluding carboxylic acids is 1. The predicted octanol–water partition coefficient (Wildman–Crippen LogP) is 2.38. The van der Waals surface area contributed by atoms with Crippen LogP contribution in [0.2, 0.25) is 0 Å². The van der Waals surface area contributed by atoms with Gasteiger partial charge in [0.15, 0.2) is 6.29 Å². The summed E-state index contributed by atoms with van der Waals surface area (Å²) in [6, 6.07) is 0.0611. The number of likely N-dealkylation sites (N-methyl/N-ethyl adjacent to an activating group) is 1. The zero-order valence-corrected chi connectivity index (χ0v) is 16.4. The van der Waals surface area contributed by atoms with Crippen molar-refractivity contribution in [1.82, 2.24) is 10.6 Å². The fourth-order valence-electron chi connectivity index (χ4n) is 1.98. The van der Waals surface area contributed by atoms with Crippen molar-refractivity contribution in [2.45, 2.75) is 51.0 Å². The molecule has 126 valence electrons. The second-order valence-electron chi connectivity index (χ2n) is 4.84. The molecule has 0 aliphatic carbocycles. The quantitative estimate of drug-likeness (QED) is 0.301. The standard InChI is InChI=1S/C13H30N2O3P2S/c1-10(6-5-7-12(17-3)18-4)15-13(16)11(14-2)8-9-21-20-19/h10-12,14,20H,5-9,19H2,1-4H3,(H,15,16)/t10-,11?/m1/s1. The van der Waals surface area contributed by atoms with E-state index in [0.717, 1.165) is 38.9 Å². The summed E-state index contributed by atoms with van der Waals surface area (Å²) in [4.78, 5) is 12.2. The molecule has 0 saturated carbocycles. The maximum absolute atomic E-state index is 12.2. The molecule has 0 rings (SSSR count). The van der Waals surface area contributed by atoms with Gasteiger partial charge >= 0.3 is 0 Å². The molecule has 0 aliphatic heterocycles. The van der Waals surface area contributed by atoms with Crippen molar-refractivity contribution in [3.8, 4) is 0 Å². The van der Waals surface area contributed by atoms with Crippen LogP contribution >= 0.6 is 27.8 Å². The zero-order chi connectivity index (χ0) is 16.1. The first kappa shape index (κ1) is 21.6. The Balaban J connectivity index is 3.94. The highest BCUT2D eigenvalue weighted by Crippen LogP contribution is 2.36. The molecule has 21 heavy (non-hydrogen) atoms. The average molecular weight is 356 g/mol. The van der Waals surface area contributed by atoms with Gasteiger partial charge in [0.05, 0.1) is 6.04 Å². The minimum absolute atomic E-state index is 0.0905. The molecule has 0 bridgehead atoms. The molecule has 0 aromatic rings. The summed E-state index contributed by atoms with van der Waals surface area (Å²) in [5.41, 5.74) is 0. The van der Waals surface area contributed by atoms with Crippen LogP contribution in [0.5, 0.6) is 0 Å². The third kappa shape index (κ3) is 10.8. The summed E-state index contributed by atoms with van der Waals surface area (Å²) >= 11 is 1.85. The van der Waals surface area contributed by atoms with Crippen LogP contribution in [0.1, 0.15) is 32.6 Å². The summed E-state index contributed by atoms with van der Waals surface area (Å²) in [5.74, 6) is 1.09. The third-order valence-corrected chi connectivity index (χ3v) is 6.47. The number of methoxy groups -OCH3 is 2. The van der Waals surface area contributed by atoms with Gasteiger partial charge in [0.1, 0.15) is 0 Å². The van der Waals surface area contributed by atoms with Gasteiger partial charge in [-0.3, -0.25) is 4.79 Å². The van der Waals surface area contributed by atoms with Gasteiger partial charge in [0, 0.05) is 20.3 Å². The van der Waals surface area contributed by atoms with Gasteiger partial charge in [-0.1, -0.05) is 0 Å². The Kier molecular flexibility index (Phi) is 14.5. The number of hydrogen-bond acceptors (Lipinski definition) is 5. The van der Waals surface area contributed by atoms with E-state index in [0.29, 0.717) is 0 Å². The van der Waals surface area contributed by atoms with Crippen molar-refractivity contribution in [3.05, 3.63) is 0 Å². The Hall–Kier alpha value is 0.560. The van der Waals surface area contributed by atoms with E-state index in [9.17, 15) is 4.79 Å². The molecule has 0 saturated heterocycles. The van der Waals surface area contributed by atoms with Gasteiger partial charge in [-0.15, -0.1) is 20.3 Å². The Labute approximate surface area is 137 Å². The van der Waals surface area contributed by atoms with Gasteiger partial charge in [-0.05, 0) is 52.9 Å². The van der Waals surface area contributed by atoms with E-state index < -0.39 is 0 Å². The lowest BCUT2D eigenvalue weighted by molar-refractivity contribution is -0.123. The molecule has 0 radical (unpaired) electrons. The second kappa shape index (κ2) is 14.2. The molecular formula is C13H30N2O3P2S. The van der Waals surface area contributed by atoms with E-state index in [1.807, 2.05) is 25.4 Å². The van der Waals surface area contributed by atoms with Crippen molar-refractivity contribution >= 4 is 33.7 Å². The molecule has 8 heteroatoms. The predicted molar refractivity (Wildman–Crippen MR) is 97.2 cm³/mol. The van der Waals surface area contributed by atoms with E-state index in [-0.39, 0.29) is 24.3 Å². The molecule has 2 N–H and O–H groups in total. The van der Waals surface area contributed by atoms with Crippen molar-refractivity contribution in [3.63, 3.8) is 0 Å². The lowest BCUT2D eigenvalue weighted by Gasteiger charge is -2.20. The van der Waals surface area contributed by atoms with E-state index in [1.54, 1.807) is 14.2 Å². The van der Waals surface area contributed by atoms with Crippen molar-refractivity contribution < 1.29 is 14.3 Å². The van der Waals surface area contributed by atoms with Gasteiger partial charge in [0.2, 0.25) is 5.91 Å². The largest absolute Gasteiger partial charge is 0.356 e. The van der Waals surface area contributed by atoms with Crippen LogP contribution < -0.4 is 10.6 Å². The normalized spacial score (nSPS) is 14.8. The Morgan fingerprint density at radius 1 is 1.29 bits per heavy atom. The zero-order valence-electron chi connectivity index (χ0n) is 13.5. The highest BCUT2D eigenvalue weighted by atomic mass is 32.9. The summed E-state index contributed by atoms with van der Waals surface area (Å²) in [6.07, 6.45) is 3.43. The maximum atomic E-state index is 12.2. The average Bonchev–Trinajstić information content (AvgIpc) is 2.48. The molecule has 0 fully saturated rings. The molecule has 5 nitrogen and oxygen atoms in total. The van der Waals surface area contributed by atoms with Crippen LogP contribution in [-0.4, -0.2) is 51.3 Å². The fraction of sp³-hybridized carbons (Fsp3) is 0.923. The van der Waals surface area contributed by atoms with Gasteiger partial charge in [-0.2, -0.15) is 0 Å². The highest BCUT2D eigenvalue weighted by Gasteiger charge is 2.18. The van der Waals surface area contributed by atoms with Crippen LogP contribution in [0.15, 0.2) is 0 Å². The van der Waals surface area contributed by atoms with Crippen LogP contribution in [0.4, 0.5) is 0 Å². The summed E-state index contributed by atoms with van der Waals surface area (Å²) in [5, 5.41) is 6.16. The lowest BCUT2D eigenvalue weighted by atomic mass is 10.1. The summed E-state index contributed by atoms with van der Waals surface area (Å²) in [7, 11) is 8.63. The molecule has 0 aromatic heterocycles. The Morgan fingerprint density at radius 2 is 1.95 bits per heavy atom. The van der Waals surface area contributed by atoms with Crippen molar-refractivity contribution in [2.75, 3.05) is 27.0 Å². The monoisotopic (exact) mass is 356 g/mol. The Morgan fingerprint density at radius 3 is 2.48 bits per heavy atom. The van der Waals surface area contributed by atoms with E-state index in [2.05, 4.69) is 19.6 Å². The van der Waals surface area contributed by atoms with E-state index in [1.165, 1.54) is 0 Å². The summed E-state index contributed by atoms with van der Waals surface area (Å²) < 4.78 is 10.3. The number of rotatable bonds is 13. The van der Waals surface area contributed by atoms with Crippen molar-refractivity contribution in [1.29, 1.82) is 0 Å². The topological polar surface area (TPSA) is 59.6 Å². The second-order valence-corrected chi connectivity index (χ2v) is 9.46. The maximum Gasteiger partial charge on any atom is 0.237 e. The molecule has 1 amide bonds.